The number of amides is 1. The average Bonchev–Trinajstić information content (AvgIpc) is 3.46. The lowest BCUT2D eigenvalue weighted by Gasteiger charge is -2.29. The van der Waals surface area contributed by atoms with Gasteiger partial charge in [-0.25, -0.2) is 0 Å². The molecule has 2 N–H and O–H groups in total. The van der Waals surface area contributed by atoms with Gasteiger partial charge in [0.25, 0.3) is 5.91 Å². The number of likely N-dealkylation sites (tertiary alicyclic amines) is 1. The molecule has 6 rings (SSSR count). The molecule has 0 unspecified atom stereocenters. The average molecular weight is 579 g/mol. The lowest BCUT2D eigenvalue weighted by molar-refractivity contribution is -0.137. The standard InChI is InChI=1S/C31H33F3N6O2/c1-21-4-5-23(30(41)36-26-13-22(19-38-6-2-3-7-38)12-25(16-26)31(32,33)34)15-29(21)40-20-28(37-40)24-14-27(18-35-17-24)39-8-10-42-11-9-39/h4-5,12-18,20,37H,2-3,6-11,19H2,1H3,(H,36,41). The number of aryl methyl sites for hydroxylation is 1. The molecule has 0 bridgehead atoms. The third kappa shape index (κ3) is 6.22. The molecule has 2 aromatic carbocycles. The van der Waals surface area contributed by atoms with Gasteiger partial charge in [-0.3, -0.25) is 24.5 Å². The molecule has 0 aliphatic carbocycles. The number of carbonyl (C=O) groups is 1. The highest BCUT2D eigenvalue weighted by atomic mass is 19.4. The third-order valence-electron chi connectivity index (χ3n) is 7.82. The van der Waals surface area contributed by atoms with Gasteiger partial charge in [0.05, 0.1) is 48.2 Å². The Hall–Kier alpha value is -4.09. The molecule has 0 saturated carbocycles. The number of aromatic nitrogens is 3. The molecule has 2 aromatic heterocycles. The molecule has 220 valence electrons. The summed E-state index contributed by atoms with van der Waals surface area (Å²) in [5, 5.41) is 6.01. The first-order valence-electron chi connectivity index (χ1n) is 14.1. The third-order valence-corrected chi connectivity index (χ3v) is 7.82. The van der Waals surface area contributed by atoms with Crippen LogP contribution in [0.15, 0.2) is 61.1 Å². The molecule has 4 heterocycles. The summed E-state index contributed by atoms with van der Waals surface area (Å²) in [5.74, 6) is -0.477. The summed E-state index contributed by atoms with van der Waals surface area (Å²) in [7, 11) is 0. The lowest BCUT2D eigenvalue weighted by atomic mass is 10.1. The van der Waals surface area contributed by atoms with E-state index in [2.05, 4.69) is 31.3 Å². The number of ether oxygens (including phenoxy) is 1. The van der Waals surface area contributed by atoms with Gasteiger partial charge in [0.1, 0.15) is 0 Å². The molecule has 0 atom stereocenters. The van der Waals surface area contributed by atoms with Crippen LogP contribution >= 0.6 is 0 Å². The van der Waals surface area contributed by atoms with Crippen molar-refractivity contribution in [1.29, 1.82) is 0 Å². The van der Waals surface area contributed by atoms with Crippen molar-refractivity contribution in [2.75, 3.05) is 49.6 Å². The highest BCUT2D eigenvalue weighted by Crippen LogP contribution is 2.33. The molecule has 2 fully saturated rings. The number of nitrogens with zero attached hydrogens (tertiary/aromatic N) is 4. The van der Waals surface area contributed by atoms with Crippen molar-refractivity contribution in [3.8, 4) is 16.9 Å². The Labute approximate surface area is 242 Å². The van der Waals surface area contributed by atoms with E-state index in [1.165, 1.54) is 6.07 Å². The van der Waals surface area contributed by atoms with E-state index in [1.54, 1.807) is 24.4 Å². The maximum atomic E-state index is 13.7. The van der Waals surface area contributed by atoms with E-state index < -0.39 is 17.6 Å². The van der Waals surface area contributed by atoms with Crippen LogP contribution in [0.5, 0.6) is 0 Å². The zero-order chi connectivity index (χ0) is 29.3. The second-order valence-corrected chi connectivity index (χ2v) is 10.9. The Morgan fingerprint density at radius 3 is 2.52 bits per heavy atom. The molecule has 2 aliphatic heterocycles. The molecule has 1 amide bonds. The maximum absolute atomic E-state index is 13.7. The number of benzene rings is 2. The Bertz CT molecular complexity index is 1550. The molecular weight excluding hydrogens is 545 g/mol. The number of aromatic amines is 1. The fourth-order valence-corrected chi connectivity index (χ4v) is 5.52. The number of alkyl halides is 3. The van der Waals surface area contributed by atoms with Crippen LogP contribution in [0.1, 0.15) is 39.9 Å². The number of morpholine rings is 1. The van der Waals surface area contributed by atoms with Gasteiger partial charge in [-0.05, 0) is 80.4 Å². The minimum atomic E-state index is -4.51. The molecule has 2 aliphatic rings. The molecule has 42 heavy (non-hydrogen) atoms. The van der Waals surface area contributed by atoms with E-state index in [1.807, 2.05) is 30.1 Å². The summed E-state index contributed by atoms with van der Waals surface area (Å²) in [6.45, 7) is 7.09. The number of halogens is 3. The van der Waals surface area contributed by atoms with Crippen LogP contribution < -0.4 is 10.2 Å². The van der Waals surface area contributed by atoms with Gasteiger partial charge in [-0.1, -0.05) is 6.07 Å². The molecule has 0 spiro atoms. The van der Waals surface area contributed by atoms with Crippen LogP contribution in [-0.4, -0.2) is 65.0 Å². The minimum Gasteiger partial charge on any atom is -0.378 e. The predicted molar refractivity (Wildman–Crippen MR) is 155 cm³/mol. The number of anilines is 2. The zero-order valence-electron chi connectivity index (χ0n) is 23.4. The van der Waals surface area contributed by atoms with Gasteiger partial charge in [0, 0.05) is 42.6 Å². The van der Waals surface area contributed by atoms with Crippen molar-refractivity contribution >= 4 is 17.3 Å². The fraction of sp³-hybridized carbons (Fsp3) is 0.355. The van der Waals surface area contributed by atoms with Crippen LogP contribution in [0.4, 0.5) is 24.5 Å². The molecule has 8 nitrogen and oxygen atoms in total. The Morgan fingerprint density at radius 2 is 1.79 bits per heavy atom. The molecule has 2 saturated heterocycles. The highest BCUT2D eigenvalue weighted by Gasteiger charge is 2.31. The largest absolute Gasteiger partial charge is 0.416 e. The second kappa shape index (κ2) is 11.7. The number of pyridine rings is 1. The van der Waals surface area contributed by atoms with Crippen LogP contribution in [0.2, 0.25) is 0 Å². The Morgan fingerprint density at radius 1 is 1.02 bits per heavy atom. The van der Waals surface area contributed by atoms with E-state index >= 15 is 0 Å². The molecule has 11 heteroatoms. The number of rotatable bonds is 7. The van der Waals surface area contributed by atoms with Gasteiger partial charge < -0.3 is 15.0 Å². The van der Waals surface area contributed by atoms with Crippen molar-refractivity contribution < 1.29 is 22.7 Å². The fourth-order valence-electron chi connectivity index (χ4n) is 5.52. The van der Waals surface area contributed by atoms with Crippen molar-refractivity contribution in [1.82, 2.24) is 19.7 Å². The van der Waals surface area contributed by atoms with Crippen LogP contribution in [0.3, 0.4) is 0 Å². The van der Waals surface area contributed by atoms with Crippen molar-refractivity contribution in [3.05, 3.63) is 83.3 Å². The van der Waals surface area contributed by atoms with Crippen molar-refractivity contribution in [2.45, 2.75) is 32.5 Å². The highest BCUT2D eigenvalue weighted by molar-refractivity contribution is 6.04. The SMILES string of the molecule is Cc1ccc(C(=O)Nc2cc(CN3CCCC3)cc(C(F)(F)F)c2)cc1-n1cc(-c2cncc(N3CCOCC3)c2)[nH]1. The van der Waals surface area contributed by atoms with Gasteiger partial charge in [0.15, 0.2) is 0 Å². The van der Waals surface area contributed by atoms with Crippen LogP contribution in [-0.2, 0) is 17.5 Å². The van der Waals surface area contributed by atoms with E-state index in [0.29, 0.717) is 30.9 Å². The monoisotopic (exact) mass is 578 g/mol. The van der Waals surface area contributed by atoms with Crippen molar-refractivity contribution in [3.63, 3.8) is 0 Å². The van der Waals surface area contributed by atoms with E-state index in [9.17, 15) is 18.0 Å². The Balaban J connectivity index is 1.20. The quantitative estimate of drug-likeness (QED) is 0.287. The minimum absolute atomic E-state index is 0.128. The normalized spacial score (nSPS) is 16.2. The van der Waals surface area contributed by atoms with Crippen LogP contribution in [0, 0.1) is 6.92 Å². The summed E-state index contributed by atoms with van der Waals surface area (Å²) in [6.07, 6.45) is 3.14. The summed E-state index contributed by atoms with van der Waals surface area (Å²) < 4.78 is 48.3. The Kier molecular flexibility index (Phi) is 7.78. The number of H-pyrrole nitrogens is 1. The van der Waals surface area contributed by atoms with Crippen molar-refractivity contribution in [2.24, 2.45) is 0 Å². The van der Waals surface area contributed by atoms with Gasteiger partial charge in [0.2, 0.25) is 0 Å². The first-order valence-corrected chi connectivity index (χ1v) is 14.1. The van der Waals surface area contributed by atoms with E-state index in [0.717, 1.165) is 73.3 Å². The van der Waals surface area contributed by atoms with Gasteiger partial charge in [-0.2, -0.15) is 13.2 Å². The topological polar surface area (TPSA) is 78.4 Å². The number of carbonyl (C=O) groups excluding carboxylic acids is 1. The van der Waals surface area contributed by atoms with Gasteiger partial charge >= 0.3 is 6.18 Å². The summed E-state index contributed by atoms with van der Waals surface area (Å²) >= 11 is 0. The lowest BCUT2D eigenvalue weighted by Crippen LogP contribution is -2.36. The predicted octanol–water partition coefficient (Wildman–Crippen LogP) is 5.88. The maximum Gasteiger partial charge on any atom is 0.416 e. The zero-order valence-corrected chi connectivity index (χ0v) is 23.4. The summed E-state index contributed by atoms with van der Waals surface area (Å²) in [4.78, 5) is 22.0. The summed E-state index contributed by atoms with van der Waals surface area (Å²) in [6, 6.07) is 11.1. The second-order valence-electron chi connectivity index (χ2n) is 10.9. The summed E-state index contributed by atoms with van der Waals surface area (Å²) in [5.41, 5.74) is 4.79. The number of hydrogen-bond donors (Lipinski definition) is 2. The van der Waals surface area contributed by atoms with Gasteiger partial charge in [-0.15, -0.1) is 0 Å². The number of hydrogen-bond acceptors (Lipinski definition) is 5. The first kappa shape index (κ1) is 28.0. The van der Waals surface area contributed by atoms with Crippen LogP contribution in [0.25, 0.3) is 16.9 Å². The smallest absolute Gasteiger partial charge is 0.378 e. The number of nitrogens with one attached hydrogen (secondary N) is 2. The molecule has 4 aromatic rings. The van der Waals surface area contributed by atoms with E-state index in [4.69, 9.17) is 4.74 Å². The van der Waals surface area contributed by atoms with E-state index in [-0.39, 0.29) is 5.69 Å². The molecular formula is C31H33F3N6O2. The molecule has 0 radical (unpaired) electrons. The first-order chi connectivity index (χ1) is 20.2.